The van der Waals surface area contributed by atoms with Crippen molar-refractivity contribution in [1.82, 2.24) is 5.32 Å². The molecule has 0 aromatic heterocycles. The third-order valence-corrected chi connectivity index (χ3v) is 3.09. The fraction of sp³-hybridized carbons (Fsp3) is 0.462. The maximum absolute atomic E-state index is 11.4. The van der Waals surface area contributed by atoms with E-state index in [9.17, 15) is 4.79 Å². The van der Waals surface area contributed by atoms with Crippen molar-refractivity contribution in [2.24, 2.45) is 0 Å². The standard InChI is InChI=1S/C13H18BrNO3/c1-4-18-13(16)9(2)15-8-10-5-6-12(17-3)11(14)7-10/h5-7,9,15H,4,8H2,1-3H3. The molecule has 18 heavy (non-hydrogen) atoms. The molecule has 100 valence electrons. The summed E-state index contributed by atoms with van der Waals surface area (Å²) in [5.74, 6) is 0.558. The van der Waals surface area contributed by atoms with Crippen molar-refractivity contribution in [1.29, 1.82) is 0 Å². The van der Waals surface area contributed by atoms with Crippen LogP contribution in [0.15, 0.2) is 22.7 Å². The molecule has 0 amide bonds. The Morgan fingerprint density at radius 1 is 1.50 bits per heavy atom. The molecule has 0 saturated carbocycles. The number of carbonyl (C=O) groups is 1. The fourth-order valence-electron chi connectivity index (χ4n) is 1.44. The third-order valence-electron chi connectivity index (χ3n) is 2.47. The highest BCUT2D eigenvalue weighted by atomic mass is 79.9. The lowest BCUT2D eigenvalue weighted by Crippen LogP contribution is -2.34. The van der Waals surface area contributed by atoms with Gasteiger partial charge in [0.25, 0.3) is 0 Å². The molecule has 0 saturated heterocycles. The molecule has 5 heteroatoms. The van der Waals surface area contributed by atoms with Gasteiger partial charge in [-0.1, -0.05) is 6.07 Å². The third kappa shape index (κ3) is 4.31. The zero-order chi connectivity index (χ0) is 13.5. The molecule has 4 nitrogen and oxygen atoms in total. The number of carbonyl (C=O) groups excluding carboxylic acids is 1. The van der Waals surface area contributed by atoms with Gasteiger partial charge in [-0.25, -0.2) is 0 Å². The van der Waals surface area contributed by atoms with Crippen LogP contribution in [-0.2, 0) is 16.1 Å². The van der Waals surface area contributed by atoms with E-state index in [4.69, 9.17) is 9.47 Å². The van der Waals surface area contributed by atoms with E-state index in [1.165, 1.54) is 0 Å². The predicted octanol–water partition coefficient (Wildman–Crippen LogP) is 2.50. The molecule has 0 fully saturated rings. The van der Waals surface area contributed by atoms with Gasteiger partial charge in [-0.15, -0.1) is 0 Å². The molecule has 0 radical (unpaired) electrons. The molecule has 0 bridgehead atoms. The highest BCUT2D eigenvalue weighted by Gasteiger charge is 2.12. The van der Waals surface area contributed by atoms with Crippen LogP contribution in [0.4, 0.5) is 0 Å². The van der Waals surface area contributed by atoms with E-state index in [-0.39, 0.29) is 12.0 Å². The van der Waals surface area contributed by atoms with Crippen LogP contribution in [0.1, 0.15) is 19.4 Å². The molecule has 1 aromatic rings. The number of esters is 1. The Labute approximate surface area is 116 Å². The summed E-state index contributed by atoms with van der Waals surface area (Å²) in [7, 11) is 1.63. The van der Waals surface area contributed by atoms with Gasteiger partial charge in [-0.2, -0.15) is 0 Å². The van der Waals surface area contributed by atoms with Crippen molar-refractivity contribution in [3.8, 4) is 5.75 Å². The Morgan fingerprint density at radius 2 is 2.22 bits per heavy atom. The number of nitrogens with one attached hydrogen (secondary N) is 1. The minimum atomic E-state index is -0.314. The molecular formula is C13H18BrNO3. The summed E-state index contributed by atoms with van der Waals surface area (Å²) < 4.78 is 11.0. The summed E-state index contributed by atoms with van der Waals surface area (Å²) in [6.45, 7) is 4.59. The Balaban J connectivity index is 2.53. The van der Waals surface area contributed by atoms with Crippen LogP contribution in [0.5, 0.6) is 5.75 Å². The largest absolute Gasteiger partial charge is 0.496 e. The first kappa shape index (κ1) is 15.0. The van der Waals surface area contributed by atoms with Gasteiger partial charge in [-0.05, 0) is 47.5 Å². The summed E-state index contributed by atoms with van der Waals surface area (Å²) >= 11 is 3.42. The summed E-state index contributed by atoms with van der Waals surface area (Å²) in [6, 6.07) is 5.49. The second-order valence-corrected chi connectivity index (χ2v) is 4.68. The van der Waals surface area contributed by atoms with Gasteiger partial charge in [-0.3, -0.25) is 4.79 Å². The summed E-state index contributed by atoms with van der Waals surface area (Å²) in [6.07, 6.45) is 0. The van der Waals surface area contributed by atoms with Crippen LogP contribution in [-0.4, -0.2) is 25.7 Å². The van der Waals surface area contributed by atoms with Crippen molar-refractivity contribution in [2.45, 2.75) is 26.4 Å². The van der Waals surface area contributed by atoms with Gasteiger partial charge in [0, 0.05) is 6.54 Å². The molecule has 1 N–H and O–H groups in total. The number of rotatable bonds is 6. The van der Waals surface area contributed by atoms with Gasteiger partial charge < -0.3 is 14.8 Å². The van der Waals surface area contributed by atoms with E-state index >= 15 is 0 Å². The Hall–Kier alpha value is -1.07. The highest BCUT2D eigenvalue weighted by Crippen LogP contribution is 2.25. The van der Waals surface area contributed by atoms with Crippen molar-refractivity contribution >= 4 is 21.9 Å². The SMILES string of the molecule is CCOC(=O)C(C)NCc1ccc(OC)c(Br)c1. The van der Waals surface area contributed by atoms with Gasteiger partial charge >= 0.3 is 5.97 Å². The molecule has 0 aliphatic carbocycles. The number of benzene rings is 1. The Morgan fingerprint density at radius 3 is 2.78 bits per heavy atom. The molecule has 0 aliphatic rings. The van der Waals surface area contributed by atoms with Crippen molar-refractivity contribution < 1.29 is 14.3 Å². The average molecular weight is 316 g/mol. The van der Waals surface area contributed by atoms with Crippen molar-refractivity contribution in [2.75, 3.05) is 13.7 Å². The van der Waals surface area contributed by atoms with Gasteiger partial charge in [0.05, 0.1) is 18.2 Å². The average Bonchev–Trinajstić information content (AvgIpc) is 2.36. The minimum Gasteiger partial charge on any atom is -0.496 e. The van der Waals surface area contributed by atoms with Gasteiger partial charge in [0.1, 0.15) is 11.8 Å². The maximum atomic E-state index is 11.4. The maximum Gasteiger partial charge on any atom is 0.322 e. The first-order valence-electron chi connectivity index (χ1n) is 5.81. The van der Waals surface area contributed by atoms with E-state index in [1.807, 2.05) is 18.2 Å². The Bertz CT molecular complexity index is 409. The fourth-order valence-corrected chi connectivity index (χ4v) is 2.03. The summed E-state index contributed by atoms with van der Waals surface area (Å²) in [4.78, 5) is 11.4. The van der Waals surface area contributed by atoms with Crippen LogP contribution in [0.25, 0.3) is 0 Å². The molecule has 0 spiro atoms. The first-order valence-corrected chi connectivity index (χ1v) is 6.60. The van der Waals surface area contributed by atoms with Crippen LogP contribution in [0.2, 0.25) is 0 Å². The molecule has 0 aliphatic heterocycles. The van der Waals surface area contributed by atoms with Crippen LogP contribution in [0, 0.1) is 0 Å². The molecule has 0 heterocycles. The first-order chi connectivity index (χ1) is 8.58. The number of ether oxygens (including phenoxy) is 2. The second kappa shape index (κ2) is 7.38. The van der Waals surface area contributed by atoms with E-state index in [1.54, 1.807) is 21.0 Å². The quantitative estimate of drug-likeness (QED) is 0.819. The number of halogens is 1. The molecule has 1 aromatic carbocycles. The van der Waals surface area contributed by atoms with Gasteiger partial charge in [0.2, 0.25) is 0 Å². The summed E-state index contributed by atoms with van der Waals surface area (Å²) in [5.41, 5.74) is 1.07. The molecule has 1 rings (SSSR count). The summed E-state index contributed by atoms with van der Waals surface area (Å²) in [5, 5.41) is 3.11. The normalized spacial score (nSPS) is 12.0. The molecule has 1 atom stereocenters. The molecule has 1 unspecified atom stereocenters. The smallest absolute Gasteiger partial charge is 0.322 e. The number of hydrogen-bond acceptors (Lipinski definition) is 4. The van der Waals surface area contributed by atoms with Crippen LogP contribution < -0.4 is 10.1 Å². The zero-order valence-electron chi connectivity index (χ0n) is 10.8. The van der Waals surface area contributed by atoms with Crippen LogP contribution >= 0.6 is 15.9 Å². The lowest BCUT2D eigenvalue weighted by atomic mass is 10.2. The topological polar surface area (TPSA) is 47.6 Å². The molecular weight excluding hydrogens is 298 g/mol. The number of hydrogen-bond donors (Lipinski definition) is 1. The van der Waals surface area contributed by atoms with Crippen LogP contribution in [0.3, 0.4) is 0 Å². The monoisotopic (exact) mass is 315 g/mol. The lowest BCUT2D eigenvalue weighted by molar-refractivity contribution is -0.145. The van der Waals surface area contributed by atoms with E-state index in [0.29, 0.717) is 13.2 Å². The zero-order valence-corrected chi connectivity index (χ0v) is 12.4. The van der Waals surface area contributed by atoms with Gasteiger partial charge in [0.15, 0.2) is 0 Å². The van der Waals surface area contributed by atoms with Crippen molar-refractivity contribution in [3.63, 3.8) is 0 Å². The van der Waals surface area contributed by atoms with E-state index < -0.39 is 0 Å². The number of methoxy groups -OCH3 is 1. The lowest BCUT2D eigenvalue weighted by Gasteiger charge is -2.13. The van der Waals surface area contributed by atoms with E-state index in [2.05, 4.69) is 21.2 Å². The Kier molecular flexibility index (Phi) is 6.15. The van der Waals surface area contributed by atoms with Crippen molar-refractivity contribution in [3.05, 3.63) is 28.2 Å². The minimum absolute atomic E-state index is 0.231. The van der Waals surface area contributed by atoms with E-state index in [0.717, 1.165) is 15.8 Å². The second-order valence-electron chi connectivity index (χ2n) is 3.82. The predicted molar refractivity (Wildman–Crippen MR) is 73.6 cm³/mol. The highest BCUT2D eigenvalue weighted by molar-refractivity contribution is 9.10.